The Bertz CT molecular complexity index is 666. The lowest BCUT2D eigenvalue weighted by Crippen LogP contribution is -2.22. The summed E-state index contributed by atoms with van der Waals surface area (Å²) >= 11 is 0. The normalized spacial score (nSPS) is 19.7. The molecule has 4 heteroatoms. The summed E-state index contributed by atoms with van der Waals surface area (Å²) in [5, 5.41) is 0. The van der Waals surface area contributed by atoms with Gasteiger partial charge < -0.3 is 14.2 Å². The van der Waals surface area contributed by atoms with Crippen molar-refractivity contribution in [1.82, 2.24) is 0 Å². The molecule has 22 heavy (non-hydrogen) atoms. The smallest absolute Gasteiger partial charge is 0.303 e. The number of benzene rings is 2. The van der Waals surface area contributed by atoms with Crippen LogP contribution in [0, 0.1) is 0 Å². The van der Waals surface area contributed by atoms with Gasteiger partial charge in [0.1, 0.15) is 23.7 Å². The second-order valence-electron chi connectivity index (χ2n) is 5.25. The van der Waals surface area contributed by atoms with Crippen LogP contribution in [0.1, 0.15) is 36.7 Å². The lowest BCUT2D eigenvalue weighted by Gasteiger charge is -2.32. The minimum absolute atomic E-state index is 0.148. The third-order valence-corrected chi connectivity index (χ3v) is 3.74. The molecule has 2 aromatic rings. The fourth-order valence-electron chi connectivity index (χ4n) is 2.72. The maximum absolute atomic E-state index is 11.4. The summed E-state index contributed by atoms with van der Waals surface area (Å²) in [5.41, 5.74) is 1.94. The van der Waals surface area contributed by atoms with Gasteiger partial charge in [-0.3, -0.25) is 4.79 Å². The topological polar surface area (TPSA) is 44.8 Å². The second kappa shape index (κ2) is 6.10. The number of hydrogen-bond donors (Lipinski definition) is 0. The SMILES string of the molecule is COc1ccc2c(c1)O[C@H](c1ccccc1)C[C@@H]2OC(C)=O. The molecular formula is C18H18O4. The summed E-state index contributed by atoms with van der Waals surface area (Å²) in [6.45, 7) is 1.43. The van der Waals surface area contributed by atoms with Crippen LogP contribution >= 0.6 is 0 Å². The molecule has 0 saturated carbocycles. The van der Waals surface area contributed by atoms with Crippen LogP contribution < -0.4 is 9.47 Å². The molecule has 3 rings (SSSR count). The van der Waals surface area contributed by atoms with Crippen LogP contribution in [0.25, 0.3) is 0 Å². The van der Waals surface area contributed by atoms with E-state index < -0.39 is 0 Å². The number of fused-ring (bicyclic) bond motifs is 1. The average Bonchev–Trinajstić information content (AvgIpc) is 2.54. The first-order valence-corrected chi connectivity index (χ1v) is 7.24. The van der Waals surface area contributed by atoms with E-state index in [1.165, 1.54) is 6.92 Å². The Labute approximate surface area is 129 Å². The third kappa shape index (κ3) is 2.91. The highest BCUT2D eigenvalue weighted by Crippen LogP contribution is 2.44. The second-order valence-corrected chi connectivity index (χ2v) is 5.25. The van der Waals surface area contributed by atoms with Crippen LogP contribution in [0.3, 0.4) is 0 Å². The van der Waals surface area contributed by atoms with Crippen molar-refractivity contribution in [3.8, 4) is 11.5 Å². The van der Waals surface area contributed by atoms with Crippen molar-refractivity contribution in [2.24, 2.45) is 0 Å². The van der Waals surface area contributed by atoms with Gasteiger partial charge >= 0.3 is 5.97 Å². The maximum atomic E-state index is 11.4. The standard InChI is InChI=1S/C18H18O4/c1-12(19)21-18-11-16(13-6-4-3-5-7-13)22-17-10-14(20-2)8-9-15(17)18/h3-10,16,18H,11H2,1-2H3/t16-,18-/m0/s1. The Morgan fingerprint density at radius 2 is 1.95 bits per heavy atom. The minimum Gasteiger partial charge on any atom is -0.497 e. The molecule has 2 aromatic carbocycles. The van der Waals surface area contributed by atoms with Gasteiger partial charge in [-0.25, -0.2) is 0 Å². The van der Waals surface area contributed by atoms with Crippen LogP contribution in [0.4, 0.5) is 0 Å². The quantitative estimate of drug-likeness (QED) is 0.808. The lowest BCUT2D eigenvalue weighted by atomic mass is 9.94. The molecule has 114 valence electrons. The summed E-state index contributed by atoms with van der Waals surface area (Å²) in [7, 11) is 1.61. The molecule has 0 bridgehead atoms. The van der Waals surface area contributed by atoms with Crippen LogP contribution in [0.2, 0.25) is 0 Å². The number of methoxy groups -OCH3 is 1. The summed E-state index contributed by atoms with van der Waals surface area (Å²) in [6, 6.07) is 15.5. The van der Waals surface area contributed by atoms with Crippen molar-refractivity contribution in [2.75, 3.05) is 7.11 Å². The van der Waals surface area contributed by atoms with Crippen molar-refractivity contribution in [1.29, 1.82) is 0 Å². The first-order valence-electron chi connectivity index (χ1n) is 7.24. The van der Waals surface area contributed by atoms with Crippen LogP contribution in [-0.2, 0) is 9.53 Å². The molecule has 0 fully saturated rings. The molecule has 0 aromatic heterocycles. The van der Waals surface area contributed by atoms with Crippen molar-refractivity contribution in [3.05, 3.63) is 59.7 Å². The zero-order chi connectivity index (χ0) is 15.5. The summed E-state index contributed by atoms with van der Waals surface area (Å²) < 4.78 is 16.8. The molecule has 0 unspecified atom stereocenters. The number of carbonyl (C=O) groups is 1. The van der Waals surface area contributed by atoms with E-state index in [9.17, 15) is 4.79 Å². The molecule has 0 N–H and O–H groups in total. The largest absolute Gasteiger partial charge is 0.497 e. The summed E-state index contributed by atoms with van der Waals surface area (Å²) in [6.07, 6.45) is 0.144. The fraction of sp³-hybridized carbons (Fsp3) is 0.278. The van der Waals surface area contributed by atoms with Gasteiger partial charge in [0.05, 0.1) is 7.11 Å². The summed E-state index contributed by atoms with van der Waals surface area (Å²) in [5.74, 6) is 1.13. The van der Waals surface area contributed by atoms with Gasteiger partial charge in [-0.2, -0.15) is 0 Å². The van der Waals surface area contributed by atoms with E-state index in [0.717, 1.165) is 11.1 Å². The highest BCUT2D eigenvalue weighted by molar-refractivity contribution is 5.66. The molecule has 0 radical (unpaired) electrons. The van der Waals surface area contributed by atoms with Gasteiger partial charge in [0.2, 0.25) is 0 Å². The Kier molecular flexibility index (Phi) is 4.00. The Balaban J connectivity index is 1.97. The van der Waals surface area contributed by atoms with Gasteiger partial charge in [0, 0.05) is 25.0 Å². The van der Waals surface area contributed by atoms with Crippen LogP contribution in [-0.4, -0.2) is 13.1 Å². The van der Waals surface area contributed by atoms with Crippen LogP contribution in [0.15, 0.2) is 48.5 Å². The molecule has 0 amide bonds. The van der Waals surface area contributed by atoms with Gasteiger partial charge in [-0.1, -0.05) is 30.3 Å². The van der Waals surface area contributed by atoms with Crippen molar-refractivity contribution < 1.29 is 19.0 Å². The van der Waals surface area contributed by atoms with Gasteiger partial charge in [0.15, 0.2) is 0 Å². The first-order chi connectivity index (χ1) is 10.7. The van der Waals surface area contributed by atoms with E-state index in [2.05, 4.69) is 0 Å². The Morgan fingerprint density at radius 3 is 2.64 bits per heavy atom. The van der Waals surface area contributed by atoms with Gasteiger partial charge in [-0.05, 0) is 17.7 Å². The predicted molar refractivity (Wildman–Crippen MR) is 81.9 cm³/mol. The fourth-order valence-corrected chi connectivity index (χ4v) is 2.72. The number of carbonyl (C=O) groups excluding carboxylic acids is 1. The first kappa shape index (κ1) is 14.4. The molecule has 0 spiro atoms. The molecule has 4 nitrogen and oxygen atoms in total. The molecule has 2 atom stereocenters. The Hall–Kier alpha value is -2.49. The predicted octanol–water partition coefficient (Wildman–Crippen LogP) is 3.82. The highest BCUT2D eigenvalue weighted by Gasteiger charge is 2.31. The highest BCUT2D eigenvalue weighted by atomic mass is 16.6. The van der Waals surface area contributed by atoms with Gasteiger partial charge in [0.25, 0.3) is 0 Å². The average molecular weight is 298 g/mol. The van der Waals surface area contributed by atoms with Crippen molar-refractivity contribution in [2.45, 2.75) is 25.6 Å². The number of hydrogen-bond acceptors (Lipinski definition) is 4. The molecule has 0 saturated heterocycles. The zero-order valence-corrected chi connectivity index (χ0v) is 12.6. The third-order valence-electron chi connectivity index (χ3n) is 3.74. The van der Waals surface area contributed by atoms with Gasteiger partial charge in [-0.15, -0.1) is 0 Å². The van der Waals surface area contributed by atoms with Crippen molar-refractivity contribution >= 4 is 5.97 Å². The lowest BCUT2D eigenvalue weighted by molar-refractivity contribution is -0.149. The number of esters is 1. The van der Waals surface area contributed by atoms with E-state index in [1.807, 2.05) is 48.5 Å². The maximum Gasteiger partial charge on any atom is 0.303 e. The molecule has 1 aliphatic rings. The molecule has 1 aliphatic heterocycles. The van der Waals surface area contributed by atoms with E-state index in [1.54, 1.807) is 7.11 Å². The Morgan fingerprint density at radius 1 is 1.18 bits per heavy atom. The van der Waals surface area contributed by atoms with E-state index >= 15 is 0 Å². The van der Waals surface area contributed by atoms with E-state index in [4.69, 9.17) is 14.2 Å². The van der Waals surface area contributed by atoms with E-state index in [0.29, 0.717) is 17.9 Å². The minimum atomic E-state index is -0.308. The monoisotopic (exact) mass is 298 g/mol. The van der Waals surface area contributed by atoms with Crippen molar-refractivity contribution in [3.63, 3.8) is 0 Å². The van der Waals surface area contributed by atoms with E-state index in [-0.39, 0.29) is 18.2 Å². The molecule has 1 heterocycles. The molecular weight excluding hydrogens is 280 g/mol. The summed E-state index contributed by atoms with van der Waals surface area (Å²) in [4.78, 5) is 11.4. The molecule has 0 aliphatic carbocycles. The number of ether oxygens (including phenoxy) is 3. The van der Waals surface area contributed by atoms with Crippen LogP contribution in [0.5, 0.6) is 11.5 Å². The number of rotatable bonds is 3. The zero-order valence-electron chi connectivity index (χ0n) is 12.6.